The monoisotopic (exact) mass is 200 g/mol. The first-order chi connectivity index (χ1) is 6.04. The van der Waals surface area contributed by atoms with Crippen molar-refractivity contribution < 1.29 is 14.7 Å². The number of fused-ring (bicyclic) bond motifs is 1. The molecule has 0 aliphatic carbocycles. The summed E-state index contributed by atoms with van der Waals surface area (Å²) >= 11 is 1.54. The van der Waals surface area contributed by atoms with Gasteiger partial charge in [-0.3, -0.25) is 4.79 Å². The number of nitrogens with zero attached hydrogens (tertiary/aromatic N) is 1. The van der Waals surface area contributed by atoms with Gasteiger partial charge in [0.05, 0.1) is 16.9 Å². The summed E-state index contributed by atoms with van der Waals surface area (Å²) < 4.78 is 0. The van der Waals surface area contributed by atoms with Crippen molar-refractivity contribution in [3.05, 3.63) is 0 Å². The fraction of sp³-hybridized carbons (Fsp3) is 0.750. The highest BCUT2D eigenvalue weighted by atomic mass is 32.2. The Morgan fingerprint density at radius 1 is 1.77 bits per heavy atom. The zero-order chi connectivity index (χ0) is 9.64. The van der Waals surface area contributed by atoms with E-state index in [1.807, 2.05) is 6.92 Å². The number of carbonyl (C=O) groups excluding carboxylic acids is 2. The molecule has 2 rings (SSSR count). The van der Waals surface area contributed by atoms with Crippen LogP contribution in [0.2, 0.25) is 0 Å². The third kappa shape index (κ3) is 1.14. The van der Waals surface area contributed by atoms with Crippen molar-refractivity contribution in [2.24, 2.45) is 0 Å². The van der Waals surface area contributed by atoms with Crippen molar-refractivity contribution in [2.45, 2.75) is 30.7 Å². The van der Waals surface area contributed by atoms with E-state index < -0.39 is 12.0 Å². The van der Waals surface area contributed by atoms with Crippen molar-refractivity contribution in [1.82, 2.24) is 4.90 Å². The highest BCUT2D eigenvalue weighted by molar-refractivity contribution is 8.01. The predicted octanol–water partition coefficient (Wildman–Crippen LogP) is -0.810. The van der Waals surface area contributed by atoms with Gasteiger partial charge in [0, 0.05) is 12.2 Å². The van der Waals surface area contributed by atoms with Crippen LogP contribution in [-0.4, -0.2) is 33.4 Å². The maximum atomic E-state index is 11.4. The van der Waals surface area contributed by atoms with Crippen molar-refractivity contribution in [3.63, 3.8) is 0 Å². The van der Waals surface area contributed by atoms with Crippen LogP contribution in [0.4, 0.5) is 0 Å². The van der Waals surface area contributed by atoms with Gasteiger partial charge in [-0.15, -0.1) is 11.8 Å². The molecular weight excluding hydrogens is 190 g/mol. The molecule has 0 N–H and O–H groups in total. The Morgan fingerprint density at radius 3 is 3.08 bits per heavy atom. The standard InChI is InChI=1S/C8H11NO3S/c1-8-3-2-6(10)9(8)5(4-13-8)7(11)12/h5H,2-4H2,1H3,(H,11,12)/p-1/t5-,8+/m1/s1. The molecule has 0 aromatic rings. The molecule has 72 valence electrons. The molecule has 2 aliphatic rings. The van der Waals surface area contributed by atoms with Crippen LogP contribution in [0.25, 0.3) is 0 Å². The fourth-order valence-electron chi connectivity index (χ4n) is 2.00. The summed E-state index contributed by atoms with van der Waals surface area (Å²) in [6.45, 7) is 1.92. The van der Waals surface area contributed by atoms with Crippen molar-refractivity contribution in [1.29, 1.82) is 0 Å². The molecule has 2 aliphatic heterocycles. The van der Waals surface area contributed by atoms with E-state index in [0.717, 1.165) is 6.42 Å². The summed E-state index contributed by atoms with van der Waals surface area (Å²) in [5, 5.41) is 10.7. The van der Waals surface area contributed by atoms with Crippen LogP contribution in [0, 0.1) is 0 Å². The number of hydrogen-bond donors (Lipinski definition) is 0. The molecule has 5 heteroatoms. The Balaban J connectivity index is 2.29. The second kappa shape index (κ2) is 2.64. The fourth-order valence-corrected chi connectivity index (χ4v) is 3.41. The first-order valence-corrected chi connectivity index (χ1v) is 5.20. The highest BCUT2D eigenvalue weighted by Gasteiger charge is 2.50. The minimum Gasteiger partial charge on any atom is -0.548 e. The van der Waals surface area contributed by atoms with Crippen LogP contribution < -0.4 is 5.11 Å². The van der Waals surface area contributed by atoms with E-state index in [2.05, 4.69) is 0 Å². The molecule has 0 radical (unpaired) electrons. The number of thioether (sulfide) groups is 1. The zero-order valence-corrected chi connectivity index (χ0v) is 8.10. The van der Waals surface area contributed by atoms with Crippen LogP contribution in [0.15, 0.2) is 0 Å². The molecule has 0 saturated carbocycles. The van der Waals surface area contributed by atoms with Crippen molar-refractivity contribution in [2.75, 3.05) is 5.75 Å². The molecule has 0 bridgehead atoms. The molecule has 4 nitrogen and oxygen atoms in total. The molecule has 1 amide bonds. The maximum absolute atomic E-state index is 11.4. The summed E-state index contributed by atoms with van der Waals surface area (Å²) in [5.74, 6) is -0.724. The van der Waals surface area contributed by atoms with E-state index in [9.17, 15) is 14.7 Å². The lowest BCUT2D eigenvalue weighted by atomic mass is 10.2. The molecule has 2 atom stereocenters. The molecule has 0 unspecified atom stereocenters. The Morgan fingerprint density at radius 2 is 2.46 bits per heavy atom. The van der Waals surface area contributed by atoms with Crippen LogP contribution in [0.1, 0.15) is 19.8 Å². The summed E-state index contributed by atoms with van der Waals surface area (Å²) in [6.07, 6.45) is 1.22. The summed E-state index contributed by atoms with van der Waals surface area (Å²) in [4.78, 5) is 23.3. The number of carboxylic acids is 1. The van der Waals surface area contributed by atoms with E-state index in [0.29, 0.717) is 12.2 Å². The number of hydrogen-bond acceptors (Lipinski definition) is 4. The molecule has 0 aromatic carbocycles. The molecule has 0 spiro atoms. The first kappa shape index (κ1) is 8.87. The average Bonchev–Trinajstić information content (AvgIpc) is 2.50. The van der Waals surface area contributed by atoms with Gasteiger partial charge in [-0.2, -0.15) is 0 Å². The largest absolute Gasteiger partial charge is 0.548 e. The number of rotatable bonds is 1. The van der Waals surface area contributed by atoms with Crippen LogP contribution in [0.3, 0.4) is 0 Å². The van der Waals surface area contributed by atoms with E-state index in [-0.39, 0.29) is 10.8 Å². The lowest BCUT2D eigenvalue weighted by Crippen LogP contribution is -2.51. The number of aliphatic carboxylic acids is 1. The SMILES string of the molecule is C[C@]12CCC(=O)N1[C@@H](C(=O)[O-])CS2. The third-order valence-corrected chi connectivity index (χ3v) is 4.22. The smallest absolute Gasteiger partial charge is 0.224 e. The summed E-state index contributed by atoms with van der Waals surface area (Å²) in [7, 11) is 0. The molecule has 2 fully saturated rings. The second-order valence-electron chi connectivity index (χ2n) is 3.58. The summed E-state index contributed by atoms with van der Waals surface area (Å²) in [5.41, 5.74) is 0. The minimum atomic E-state index is -1.13. The molecule has 13 heavy (non-hydrogen) atoms. The van der Waals surface area contributed by atoms with Gasteiger partial charge in [-0.1, -0.05) is 0 Å². The van der Waals surface area contributed by atoms with Crippen LogP contribution >= 0.6 is 11.8 Å². The average molecular weight is 200 g/mol. The number of amides is 1. The zero-order valence-electron chi connectivity index (χ0n) is 7.28. The van der Waals surface area contributed by atoms with Gasteiger partial charge in [-0.25, -0.2) is 0 Å². The van der Waals surface area contributed by atoms with E-state index in [4.69, 9.17) is 0 Å². The number of carboxylic acid groups (broad SMARTS) is 1. The lowest BCUT2D eigenvalue weighted by Gasteiger charge is -2.30. The summed E-state index contributed by atoms with van der Waals surface area (Å²) in [6, 6.07) is -0.718. The molecule has 2 saturated heterocycles. The Kier molecular flexibility index (Phi) is 1.80. The van der Waals surface area contributed by atoms with Gasteiger partial charge in [0.1, 0.15) is 0 Å². The topological polar surface area (TPSA) is 60.4 Å². The Labute approximate surface area is 80.3 Å². The predicted molar refractivity (Wildman–Crippen MR) is 45.7 cm³/mol. The van der Waals surface area contributed by atoms with Gasteiger partial charge >= 0.3 is 0 Å². The first-order valence-electron chi connectivity index (χ1n) is 4.21. The van der Waals surface area contributed by atoms with Gasteiger partial charge in [0.15, 0.2) is 0 Å². The highest BCUT2D eigenvalue weighted by Crippen LogP contribution is 2.46. The lowest BCUT2D eigenvalue weighted by molar-refractivity contribution is -0.310. The van der Waals surface area contributed by atoms with E-state index in [1.165, 1.54) is 16.7 Å². The van der Waals surface area contributed by atoms with Gasteiger partial charge in [-0.05, 0) is 13.3 Å². The maximum Gasteiger partial charge on any atom is 0.224 e. The van der Waals surface area contributed by atoms with Gasteiger partial charge in [0.2, 0.25) is 5.91 Å². The number of carbonyl (C=O) groups is 2. The van der Waals surface area contributed by atoms with Gasteiger partial charge in [0.25, 0.3) is 0 Å². The molecule has 0 aromatic heterocycles. The normalized spacial score (nSPS) is 38.1. The van der Waals surface area contributed by atoms with Crippen LogP contribution in [0.5, 0.6) is 0 Å². The third-order valence-electron chi connectivity index (χ3n) is 2.72. The van der Waals surface area contributed by atoms with Crippen LogP contribution in [-0.2, 0) is 9.59 Å². The van der Waals surface area contributed by atoms with Crippen molar-refractivity contribution >= 4 is 23.6 Å². The van der Waals surface area contributed by atoms with Crippen molar-refractivity contribution in [3.8, 4) is 0 Å². The Bertz CT molecular complexity index is 281. The molecule has 2 heterocycles. The Hall–Kier alpha value is -0.710. The molecular formula is C8H10NO3S-. The minimum absolute atomic E-state index is 0.0540. The van der Waals surface area contributed by atoms with E-state index >= 15 is 0 Å². The quantitative estimate of drug-likeness (QED) is 0.555. The second-order valence-corrected chi connectivity index (χ2v) is 5.09. The van der Waals surface area contributed by atoms with E-state index in [1.54, 1.807) is 0 Å². The van der Waals surface area contributed by atoms with Gasteiger partial charge < -0.3 is 14.8 Å².